The molecule has 6 heteroatoms. The maximum atomic E-state index is 12.3. The predicted molar refractivity (Wildman–Crippen MR) is 77.6 cm³/mol. The van der Waals surface area contributed by atoms with Crippen molar-refractivity contribution in [2.45, 2.75) is 32.4 Å². The Hall–Kier alpha value is -1.40. The van der Waals surface area contributed by atoms with Gasteiger partial charge >= 0.3 is 0 Å². The van der Waals surface area contributed by atoms with Gasteiger partial charge in [-0.2, -0.15) is 0 Å². The Balaban J connectivity index is 1.90. The molecule has 110 valence electrons. The van der Waals surface area contributed by atoms with Crippen molar-refractivity contribution in [2.75, 3.05) is 13.1 Å². The Morgan fingerprint density at radius 1 is 1.55 bits per heavy atom. The van der Waals surface area contributed by atoms with Crippen molar-refractivity contribution in [1.29, 1.82) is 0 Å². The van der Waals surface area contributed by atoms with Crippen molar-refractivity contribution < 1.29 is 14.7 Å². The molecule has 1 aliphatic heterocycles. The first-order valence-electron chi connectivity index (χ1n) is 6.80. The summed E-state index contributed by atoms with van der Waals surface area (Å²) in [5, 5.41) is 14.2. The zero-order valence-electron chi connectivity index (χ0n) is 11.7. The van der Waals surface area contributed by atoms with Gasteiger partial charge in [0, 0.05) is 13.1 Å². The largest absolute Gasteiger partial charge is 0.393 e. The van der Waals surface area contributed by atoms with Crippen molar-refractivity contribution >= 4 is 23.2 Å². The molecule has 1 aliphatic rings. The second kappa shape index (κ2) is 6.37. The molecular weight excluding hydrogens is 276 g/mol. The van der Waals surface area contributed by atoms with Gasteiger partial charge in [0.1, 0.15) is 6.04 Å². The van der Waals surface area contributed by atoms with E-state index >= 15 is 0 Å². The number of piperidine rings is 1. The average molecular weight is 296 g/mol. The van der Waals surface area contributed by atoms with Crippen LogP contribution in [0.2, 0.25) is 0 Å². The molecule has 1 aromatic rings. The lowest BCUT2D eigenvalue weighted by atomic mass is 9.96. The minimum absolute atomic E-state index is 0.0768. The molecule has 5 nitrogen and oxygen atoms in total. The van der Waals surface area contributed by atoms with E-state index in [0.717, 1.165) is 0 Å². The van der Waals surface area contributed by atoms with Gasteiger partial charge in [-0.05, 0) is 30.7 Å². The van der Waals surface area contributed by atoms with E-state index < -0.39 is 6.04 Å². The van der Waals surface area contributed by atoms with E-state index in [1.807, 2.05) is 12.3 Å². The number of carbonyl (C=O) groups is 2. The summed E-state index contributed by atoms with van der Waals surface area (Å²) >= 11 is 1.35. The fourth-order valence-corrected chi connectivity index (χ4v) is 2.97. The third kappa shape index (κ3) is 3.37. The van der Waals surface area contributed by atoms with Crippen LogP contribution in [0.15, 0.2) is 17.5 Å². The molecular formula is C14H20N2O3S. The Morgan fingerprint density at radius 2 is 2.30 bits per heavy atom. The van der Waals surface area contributed by atoms with Gasteiger partial charge in [0.15, 0.2) is 0 Å². The van der Waals surface area contributed by atoms with Crippen LogP contribution in [0, 0.1) is 5.92 Å². The third-order valence-corrected chi connectivity index (χ3v) is 4.50. The first kappa shape index (κ1) is 15.0. The maximum absolute atomic E-state index is 12.3. The highest BCUT2D eigenvalue weighted by Gasteiger charge is 2.30. The predicted octanol–water partition coefficient (Wildman–Crippen LogP) is 1.10. The maximum Gasteiger partial charge on any atom is 0.261 e. The van der Waals surface area contributed by atoms with Crippen LogP contribution < -0.4 is 5.32 Å². The molecule has 1 saturated heterocycles. The smallest absolute Gasteiger partial charge is 0.261 e. The van der Waals surface area contributed by atoms with E-state index in [1.165, 1.54) is 11.3 Å². The van der Waals surface area contributed by atoms with Gasteiger partial charge in [-0.3, -0.25) is 9.59 Å². The van der Waals surface area contributed by atoms with Gasteiger partial charge in [0.2, 0.25) is 5.91 Å². The number of rotatable bonds is 3. The topological polar surface area (TPSA) is 69.6 Å². The number of aliphatic hydroxyl groups is 1. The molecule has 3 atom stereocenters. The van der Waals surface area contributed by atoms with Crippen molar-refractivity contribution in [2.24, 2.45) is 5.92 Å². The molecule has 0 radical (unpaired) electrons. The van der Waals surface area contributed by atoms with Crippen LogP contribution >= 0.6 is 11.3 Å². The van der Waals surface area contributed by atoms with E-state index in [-0.39, 0.29) is 23.8 Å². The van der Waals surface area contributed by atoms with Gasteiger partial charge in [-0.1, -0.05) is 13.0 Å². The monoisotopic (exact) mass is 296 g/mol. The van der Waals surface area contributed by atoms with Gasteiger partial charge in [-0.25, -0.2) is 0 Å². The number of nitrogens with zero attached hydrogens (tertiary/aromatic N) is 1. The van der Waals surface area contributed by atoms with Crippen LogP contribution in [-0.2, 0) is 4.79 Å². The summed E-state index contributed by atoms with van der Waals surface area (Å²) in [4.78, 5) is 26.5. The molecule has 20 heavy (non-hydrogen) atoms. The molecule has 2 heterocycles. The van der Waals surface area contributed by atoms with Gasteiger partial charge < -0.3 is 15.3 Å². The standard InChI is InChI=1S/C14H20N2O3S/c1-9-8-16(6-5-11(9)17)14(19)10(2)15-13(18)12-4-3-7-20-12/h3-4,7,9-11,17H,5-6,8H2,1-2H3,(H,15,18). The number of aliphatic hydroxyl groups excluding tert-OH is 1. The van der Waals surface area contributed by atoms with E-state index in [0.29, 0.717) is 24.4 Å². The van der Waals surface area contributed by atoms with E-state index in [2.05, 4.69) is 5.32 Å². The molecule has 3 unspecified atom stereocenters. The summed E-state index contributed by atoms with van der Waals surface area (Å²) in [6, 6.07) is 2.99. The summed E-state index contributed by atoms with van der Waals surface area (Å²) in [6.07, 6.45) is 0.258. The van der Waals surface area contributed by atoms with Gasteiger partial charge in [-0.15, -0.1) is 11.3 Å². The van der Waals surface area contributed by atoms with Gasteiger partial charge in [0.05, 0.1) is 11.0 Å². The molecule has 2 N–H and O–H groups in total. The van der Waals surface area contributed by atoms with Crippen molar-refractivity contribution in [1.82, 2.24) is 10.2 Å². The van der Waals surface area contributed by atoms with Crippen molar-refractivity contribution in [3.05, 3.63) is 22.4 Å². The highest BCUT2D eigenvalue weighted by atomic mass is 32.1. The van der Waals surface area contributed by atoms with Crippen LogP contribution in [0.5, 0.6) is 0 Å². The van der Waals surface area contributed by atoms with E-state index in [4.69, 9.17) is 0 Å². The van der Waals surface area contributed by atoms with Crippen LogP contribution in [0.25, 0.3) is 0 Å². The number of thiophene rings is 1. The highest BCUT2D eigenvalue weighted by Crippen LogP contribution is 2.17. The van der Waals surface area contributed by atoms with Crippen molar-refractivity contribution in [3.63, 3.8) is 0 Å². The number of carbonyl (C=O) groups excluding carboxylic acids is 2. The number of likely N-dealkylation sites (tertiary alicyclic amines) is 1. The number of hydrogen-bond acceptors (Lipinski definition) is 4. The minimum atomic E-state index is -0.549. The number of amides is 2. The Morgan fingerprint density at radius 3 is 2.90 bits per heavy atom. The van der Waals surface area contributed by atoms with Crippen LogP contribution in [0.1, 0.15) is 29.9 Å². The number of hydrogen-bond donors (Lipinski definition) is 2. The summed E-state index contributed by atoms with van der Waals surface area (Å²) in [7, 11) is 0. The molecule has 0 aromatic carbocycles. The summed E-state index contributed by atoms with van der Waals surface area (Å²) in [5.74, 6) is -0.229. The van der Waals surface area contributed by atoms with E-state index in [1.54, 1.807) is 24.0 Å². The summed E-state index contributed by atoms with van der Waals surface area (Å²) in [5.41, 5.74) is 0. The fraction of sp³-hybridized carbons (Fsp3) is 0.571. The van der Waals surface area contributed by atoms with Crippen LogP contribution in [0.3, 0.4) is 0 Å². The molecule has 0 aliphatic carbocycles. The fourth-order valence-electron chi connectivity index (χ4n) is 2.34. The van der Waals surface area contributed by atoms with Crippen LogP contribution in [0.4, 0.5) is 0 Å². The zero-order valence-corrected chi connectivity index (χ0v) is 12.5. The average Bonchev–Trinajstić information content (AvgIpc) is 2.95. The third-order valence-electron chi connectivity index (χ3n) is 3.63. The Kier molecular flexibility index (Phi) is 4.77. The van der Waals surface area contributed by atoms with E-state index in [9.17, 15) is 14.7 Å². The lowest BCUT2D eigenvalue weighted by Crippen LogP contribution is -2.52. The lowest BCUT2D eigenvalue weighted by molar-refractivity contribution is -0.136. The SMILES string of the molecule is CC(NC(=O)c1cccs1)C(=O)N1CCC(O)C(C)C1. The molecule has 0 bridgehead atoms. The molecule has 2 rings (SSSR count). The van der Waals surface area contributed by atoms with Crippen molar-refractivity contribution in [3.8, 4) is 0 Å². The normalized spacial score (nSPS) is 24.2. The molecule has 0 spiro atoms. The second-order valence-corrected chi connectivity index (χ2v) is 6.24. The zero-order chi connectivity index (χ0) is 14.7. The lowest BCUT2D eigenvalue weighted by Gasteiger charge is -2.35. The molecule has 1 fully saturated rings. The molecule has 1 aromatic heterocycles. The minimum Gasteiger partial charge on any atom is -0.393 e. The summed E-state index contributed by atoms with van der Waals surface area (Å²) in [6.45, 7) is 4.71. The number of nitrogens with one attached hydrogen (secondary N) is 1. The molecule has 2 amide bonds. The second-order valence-electron chi connectivity index (χ2n) is 5.29. The Labute approximate surface area is 122 Å². The first-order chi connectivity index (χ1) is 9.49. The quantitative estimate of drug-likeness (QED) is 0.877. The molecule has 0 saturated carbocycles. The summed E-state index contributed by atoms with van der Waals surface area (Å²) < 4.78 is 0. The Bertz CT molecular complexity index is 475. The van der Waals surface area contributed by atoms with Gasteiger partial charge in [0.25, 0.3) is 5.91 Å². The first-order valence-corrected chi connectivity index (χ1v) is 7.68. The van der Waals surface area contributed by atoms with Crippen LogP contribution in [-0.4, -0.2) is 47.1 Å². The highest BCUT2D eigenvalue weighted by molar-refractivity contribution is 7.12.